The van der Waals surface area contributed by atoms with Crippen molar-refractivity contribution < 1.29 is 0 Å². The molecule has 1 aliphatic carbocycles. The summed E-state index contributed by atoms with van der Waals surface area (Å²) in [7, 11) is 2.21. The average molecular weight is 283 g/mol. The lowest BCUT2D eigenvalue weighted by molar-refractivity contribution is 0.254. The lowest BCUT2D eigenvalue weighted by Gasteiger charge is -2.24. The minimum atomic E-state index is 0.559. The molecule has 1 aliphatic rings. The highest BCUT2D eigenvalue weighted by molar-refractivity contribution is 6.30. The number of nitrogens with one attached hydrogen (secondary N) is 1. The van der Waals surface area contributed by atoms with Gasteiger partial charge in [0.25, 0.3) is 0 Å². The quantitative estimate of drug-likeness (QED) is 0.815. The van der Waals surface area contributed by atoms with E-state index in [1.165, 1.54) is 32.0 Å². The molecule has 1 N–H and O–H groups in total. The van der Waals surface area contributed by atoms with E-state index in [4.69, 9.17) is 11.6 Å². The predicted octanol–water partition coefficient (Wildman–Crippen LogP) is 2.98. The minimum absolute atomic E-state index is 0.559. The van der Waals surface area contributed by atoms with Crippen LogP contribution in [0.3, 0.4) is 0 Å². The molecule has 0 bridgehead atoms. The maximum Gasteiger partial charge on any atom is 0.137 e. The Morgan fingerprint density at radius 2 is 2.11 bits per heavy atom. The Balaban J connectivity index is 1.83. The molecule has 0 aromatic carbocycles. The molecule has 1 aromatic heterocycles. The summed E-state index contributed by atoms with van der Waals surface area (Å²) < 4.78 is 0. The van der Waals surface area contributed by atoms with Gasteiger partial charge in [-0.05, 0) is 26.3 Å². The average Bonchev–Trinajstić information content (AvgIpc) is 2.93. The number of hydrogen-bond acceptors (Lipinski definition) is 4. The minimum Gasteiger partial charge on any atom is -0.368 e. The zero-order chi connectivity index (χ0) is 13.7. The van der Waals surface area contributed by atoms with Gasteiger partial charge in [-0.15, -0.1) is 0 Å². The molecule has 1 fully saturated rings. The number of rotatable bonds is 6. The first-order chi connectivity index (χ1) is 9.22. The molecule has 5 heteroatoms. The number of halogens is 1. The Morgan fingerprint density at radius 3 is 2.79 bits per heavy atom. The zero-order valence-electron chi connectivity index (χ0n) is 11.8. The van der Waals surface area contributed by atoms with Crippen LogP contribution in [0.4, 0.5) is 5.82 Å². The molecule has 19 heavy (non-hydrogen) atoms. The van der Waals surface area contributed by atoms with Crippen LogP contribution in [0, 0.1) is 0 Å². The topological polar surface area (TPSA) is 41.1 Å². The van der Waals surface area contributed by atoms with Crippen LogP contribution in [0.15, 0.2) is 6.33 Å². The largest absolute Gasteiger partial charge is 0.368 e. The van der Waals surface area contributed by atoms with Crippen LogP contribution >= 0.6 is 11.6 Å². The Labute approximate surface area is 120 Å². The lowest BCUT2D eigenvalue weighted by Crippen LogP contribution is -2.33. The highest BCUT2D eigenvalue weighted by Gasteiger charge is 2.18. The second kappa shape index (κ2) is 7.06. The van der Waals surface area contributed by atoms with Crippen LogP contribution in [0.2, 0.25) is 5.15 Å². The van der Waals surface area contributed by atoms with Gasteiger partial charge >= 0.3 is 0 Å². The fourth-order valence-electron chi connectivity index (χ4n) is 2.73. The summed E-state index contributed by atoms with van der Waals surface area (Å²) in [5, 5.41) is 3.94. The Bertz CT molecular complexity index is 404. The number of anilines is 1. The van der Waals surface area contributed by atoms with Crippen molar-refractivity contribution in [3.05, 3.63) is 17.0 Å². The molecule has 0 saturated heterocycles. The van der Waals surface area contributed by atoms with Crippen molar-refractivity contribution in [2.45, 2.75) is 45.1 Å². The number of likely N-dealkylation sites (N-methyl/N-ethyl adjacent to an activating group) is 1. The van der Waals surface area contributed by atoms with Gasteiger partial charge in [-0.2, -0.15) is 0 Å². The van der Waals surface area contributed by atoms with Crippen LogP contribution in [-0.2, 0) is 6.42 Å². The summed E-state index contributed by atoms with van der Waals surface area (Å²) in [5.41, 5.74) is 1.01. The first-order valence-corrected chi connectivity index (χ1v) is 7.53. The van der Waals surface area contributed by atoms with Crippen molar-refractivity contribution in [2.24, 2.45) is 0 Å². The molecule has 0 atom stereocenters. The molecular weight excluding hydrogens is 260 g/mol. The van der Waals surface area contributed by atoms with Crippen molar-refractivity contribution in [1.82, 2.24) is 14.9 Å². The molecule has 4 nitrogen and oxygen atoms in total. The van der Waals surface area contributed by atoms with Gasteiger partial charge in [0, 0.05) is 24.7 Å². The maximum absolute atomic E-state index is 6.07. The van der Waals surface area contributed by atoms with Gasteiger partial charge in [0.15, 0.2) is 0 Å². The Hall–Kier alpha value is -0.870. The third-order valence-electron chi connectivity index (χ3n) is 3.95. The van der Waals surface area contributed by atoms with Crippen molar-refractivity contribution in [1.29, 1.82) is 0 Å². The second-order valence-corrected chi connectivity index (χ2v) is 5.55. The van der Waals surface area contributed by atoms with Gasteiger partial charge in [-0.1, -0.05) is 31.4 Å². The van der Waals surface area contributed by atoms with Gasteiger partial charge in [0.2, 0.25) is 0 Å². The molecule has 0 spiro atoms. The first-order valence-electron chi connectivity index (χ1n) is 7.15. The van der Waals surface area contributed by atoms with E-state index >= 15 is 0 Å². The molecule has 0 aliphatic heterocycles. The predicted molar refractivity (Wildman–Crippen MR) is 79.8 cm³/mol. The Morgan fingerprint density at radius 1 is 1.37 bits per heavy atom. The van der Waals surface area contributed by atoms with E-state index in [0.29, 0.717) is 5.15 Å². The number of aromatic nitrogens is 2. The van der Waals surface area contributed by atoms with Gasteiger partial charge in [0.05, 0.1) is 0 Å². The van der Waals surface area contributed by atoms with Gasteiger partial charge in [0.1, 0.15) is 17.3 Å². The van der Waals surface area contributed by atoms with Gasteiger partial charge in [-0.3, -0.25) is 0 Å². The van der Waals surface area contributed by atoms with E-state index in [-0.39, 0.29) is 0 Å². The first kappa shape index (κ1) is 14.5. The van der Waals surface area contributed by atoms with Crippen molar-refractivity contribution >= 4 is 17.4 Å². The molecule has 1 aromatic rings. The van der Waals surface area contributed by atoms with E-state index in [1.807, 2.05) is 0 Å². The summed E-state index contributed by atoms with van der Waals surface area (Å²) in [5.74, 6) is 0.877. The van der Waals surface area contributed by atoms with Crippen molar-refractivity contribution in [2.75, 3.05) is 25.5 Å². The molecule has 0 unspecified atom stereocenters. The normalized spacial score (nSPS) is 16.2. The monoisotopic (exact) mass is 282 g/mol. The fraction of sp³-hybridized carbons (Fsp3) is 0.714. The zero-order valence-corrected chi connectivity index (χ0v) is 12.6. The maximum atomic E-state index is 6.07. The number of hydrogen-bond donors (Lipinski definition) is 1. The molecule has 0 amide bonds. The molecule has 1 saturated carbocycles. The van der Waals surface area contributed by atoms with E-state index in [0.717, 1.165) is 36.9 Å². The van der Waals surface area contributed by atoms with Crippen LogP contribution < -0.4 is 5.32 Å². The fourth-order valence-corrected chi connectivity index (χ4v) is 3.00. The smallest absolute Gasteiger partial charge is 0.137 e. The van der Waals surface area contributed by atoms with E-state index in [2.05, 4.69) is 34.2 Å². The Kier molecular flexibility index (Phi) is 5.40. The SMILES string of the molecule is CCc1c(Cl)ncnc1NCCN(C)C1CCCC1. The van der Waals surface area contributed by atoms with Crippen LogP contribution in [-0.4, -0.2) is 41.0 Å². The lowest BCUT2D eigenvalue weighted by atomic mass is 10.2. The standard InChI is InChI=1S/C14H23ClN4/c1-3-12-13(15)17-10-18-14(12)16-8-9-19(2)11-6-4-5-7-11/h10-11H,3-9H2,1-2H3,(H,16,17,18). The van der Waals surface area contributed by atoms with Crippen molar-refractivity contribution in [3.8, 4) is 0 Å². The van der Waals surface area contributed by atoms with E-state index < -0.39 is 0 Å². The number of nitrogens with zero attached hydrogens (tertiary/aromatic N) is 3. The molecule has 1 heterocycles. The molecule has 2 rings (SSSR count). The summed E-state index contributed by atoms with van der Waals surface area (Å²) in [6, 6.07) is 0.765. The second-order valence-electron chi connectivity index (χ2n) is 5.19. The van der Waals surface area contributed by atoms with Crippen molar-refractivity contribution in [3.63, 3.8) is 0 Å². The third-order valence-corrected chi connectivity index (χ3v) is 4.28. The molecule has 106 valence electrons. The highest BCUT2D eigenvalue weighted by atomic mass is 35.5. The summed E-state index contributed by atoms with van der Waals surface area (Å²) in [4.78, 5) is 10.8. The van der Waals surface area contributed by atoms with Crippen LogP contribution in [0.1, 0.15) is 38.2 Å². The highest BCUT2D eigenvalue weighted by Crippen LogP contribution is 2.22. The van der Waals surface area contributed by atoms with Gasteiger partial charge < -0.3 is 10.2 Å². The van der Waals surface area contributed by atoms with Crippen LogP contribution in [0.25, 0.3) is 0 Å². The van der Waals surface area contributed by atoms with Gasteiger partial charge in [-0.25, -0.2) is 9.97 Å². The molecular formula is C14H23ClN4. The summed E-state index contributed by atoms with van der Waals surface area (Å²) >= 11 is 6.07. The third kappa shape index (κ3) is 3.80. The van der Waals surface area contributed by atoms with E-state index in [1.54, 1.807) is 0 Å². The van der Waals surface area contributed by atoms with E-state index in [9.17, 15) is 0 Å². The summed E-state index contributed by atoms with van der Waals surface area (Å²) in [6.07, 6.45) is 7.81. The summed E-state index contributed by atoms with van der Waals surface area (Å²) in [6.45, 7) is 4.00. The van der Waals surface area contributed by atoms with Crippen LogP contribution in [0.5, 0.6) is 0 Å². The molecule has 0 radical (unpaired) electrons.